The van der Waals surface area contributed by atoms with Gasteiger partial charge in [0.2, 0.25) is 0 Å². The predicted molar refractivity (Wildman–Crippen MR) is 115 cm³/mol. The molecular weight excluding hydrogens is 332 g/mol. The van der Waals surface area contributed by atoms with Gasteiger partial charge in [-0.25, -0.2) is 9.97 Å². The van der Waals surface area contributed by atoms with Gasteiger partial charge in [0, 0.05) is 17.4 Å². The maximum Gasteiger partial charge on any atom is 0.126 e. The lowest BCUT2D eigenvalue weighted by Crippen LogP contribution is -2.03. The lowest BCUT2D eigenvalue weighted by Gasteiger charge is -2.17. The summed E-state index contributed by atoms with van der Waals surface area (Å²) < 4.78 is 5.71. The molecule has 3 nitrogen and oxygen atoms in total. The molecule has 0 N–H and O–H groups in total. The number of hydrogen-bond acceptors (Lipinski definition) is 3. The van der Waals surface area contributed by atoms with E-state index in [9.17, 15) is 0 Å². The Hall–Kier alpha value is -2.68. The van der Waals surface area contributed by atoms with Crippen LogP contribution >= 0.6 is 0 Å². The molecule has 0 saturated carbocycles. The number of ether oxygens (including phenoxy) is 1. The van der Waals surface area contributed by atoms with Crippen molar-refractivity contribution in [2.75, 3.05) is 7.11 Å². The van der Waals surface area contributed by atoms with Gasteiger partial charge in [-0.3, -0.25) is 0 Å². The Kier molecular flexibility index (Phi) is 7.12. The van der Waals surface area contributed by atoms with E-state index in [-0.39, 0.29) is 0 Å². The second-order valence-electron chi connectivity index (χ2n) is 6.72. The highest BCUT2D eigenvalue weighted by atomic mass is 16.5. The summed E-state index contributed by atoms with van der Waals surface area (Å²) in [6, 6.07) is 10.6. The van der Waals surface area contributed by atoms with Crippen LogP contribution in [0.2, 0.25) is 0 Å². The summed E-state index contributed by atoms with van der Waals surface area (Å²) in [4.78, 5) is 9.12. The Bertz CT molecular complexity index is 945. The van der Waals surface area contributed by atoms with Crippen LogP contribution in [0.3, 0.4) is 0 Å². The molecule has 0 aliphatic rings. The minimum atomic E-state index is 0.759. The molecule has 1 aromatic heterocycles. The van der Waals surface area contributed by atoms with Gasteiger partial charge in [0.1, 0.15) is 12.1 Å². The molecule has 2 aromatic carbocycles. The predicted octanol–water partition coefficient (Wildman–Crippen LogP) is 5.99. The number of fused-ring (bicyclic) bond motifs is 1. The van der Waals surface area contributed by atoms with Gasteiger partial charge >= 0.3 is 0 Å². The van der Waals surface area contributed by atoms with Crippen LogP contribution in [-0.2, 0) is 12.8 Å². The number of methoxy groups -OCH3 is 1. The molecule has 0 saturated heterocycles. The smallest absolute Gasteiger partial charge is 0.126 e. The van der Waals surface area contributed by atoms with Gasteiger partial charge in [0.25, 0.3) is 0 Å². The Morgan fingerprint density at radius 1 is 1.11 bits per heavy atom. The molecule has 0 atom stereocenters. The quantitative estimate of drug-likeness (QED) is 0.523. The van der Waals surface area contributed by atoms with Crippen molar-refractivity contribution in [3.05, 3.63) is 76.8 Å². The molecule has 0 fully saturated rings. The third kappa shape index (κ3) is 4.73. The van der Waals surface area contributed by atoms with Crippen LogP contribution in [0.15, 0.2) is 48.8 Å². The Morgan fingerprint density at radius 3 is 2.48 bits per heavy atom. The monoisotopic (exact) mass is 362 g/mol. The number of nitrogens with zero attached hydrogens (tertiary/aromatic N) is 2. The molecule has 3 rings (SSSR count). The van der Waals surface area contributed by atoms with E-state index in [2.05, 4.69) is 60.7 Å². The van der Waals surface area contributed by atoms with Gasteiger partial charge in [-0.15, -0.1) is 0 Å². The summed E-state index contributed by atoms with van der Waals surface area (Å²) in [5.41, 5.74) is 7.82. The van der Waals surface area contributed by atoms with Gasteiger partial charge in [-0.2, -0.15) is 0 Å². The fourth-order valence-electron chi connectivity index (χ4n) is 3.40. The highest BCUT2D eigenvalue weighted by molar-refractivity contribution is 5.88. The van der Waals surface area contributed by atoms with Crippen LogP contribution in [0.5, 0.6) is 5.75 Å². The van der Waals surface area contributed by atoms with Crippen molar-refractivity contribution in [2.45, 2.75) is 47.5 Å². The fourth-order valence-corrected chi connectivity index (χ4v) is 3.40. The van der Waals surface area contributed by atoms with Crippen molar-refractivity contribution in [2.24, 2.45) is 0 Å². The molecular formula is C24H30N2O. The van der Waals surface area contributed by atoms with Crippen molar-refractivity contribution in [1.82, 2.24) is 9.97 Å². The number of benzene rings is 2. The van der Waals surface area contributed by atoms with Crippen LogP contribution < -0.4 is 4.74 Å². The topological polar surface area (TPSA) is 35.0 Å². The number of aromatic nitrogens is 2. The van der Waals surface area contributed by atoms with Gasteiger partial charge in [-0.05, 0) is 44.4 Å². The Morgan fingerprint density at radius 2 is 1.85 bits per heavy atom. The first-order valence-electron chi connectivity index (χ1n) is 9.49. The second-order valence-corrected chi connectivity index (χ2v) is 6.72. The number of aryl methyl sites for hydroxylation is 2. The fraction of sp³-hybridized carbons (Fsp3) is 0.333. The molecule has 0 spiro atoms. The summed E-state index contributed by atoms with van der Waals surface area (Å²) in [6.45, 7) is 14.3. The van der Waals surface area contributed by atoms with Gasteiger partial charge in [-0.1, -0.05) is 55.8 Å². The van der Waals surface area contributed by atoms with Gasteiger partial charge in [0.15, 0.2) is 0 Å². The summed E-state index contributed by atoms with van der Waals surface area (Å²) in [6.07, 6.45) is 3.19. The van der Waals surface area contributed by atoms with Gasteiger partial charge < -0.3 is 4.74 Å². The minimum absolute atomic E-state index is 0.759. The molecule has 1 heterocycles. The number of rotatable bonds is 5. The molecule has 3 heteroatoms. The molecule has 0 unspecified atom stereocenters. The van der Waals surface area contributed by atoms with E-state index < -0.39 is 0 Å². The molecule has 27 heavy (non-hydrogen) atoms. The first-order chi connectivity index (χ1) is 13.0. The molecule has 0 aliphatic heterocycles. The lowest BCUT2D eigenvalue weighted by atomic mass is 9.94. The highest BCUT2D eigenvalue weighted by Crippen LogP contribution is 2.34. The molecule has 0 radical (unpaired) electrons. The molecule has 0 amide bonds. The number of allylic oxidation sites excluding steroid dienone is 1. The van der Waals surface area contributed by atoms with E-state index in [4.69, 9.17) is 4.74 Å². The van der Waals surface area contributed by atoms with E-state index in [1.54, 1.807) is 13.4 Å². The van der Waals surface area contributed by atoms with E-state index in [1.165, 1.54) is 11.1 Å². The van der Waals surface area contributed by atoms with Crippen molar-refractivity contribution in [3.8, 4) is 5.75 Å². The first kappa shape index (κ1) is 20.6. The largest absolute Gasteiger partial charge is 0.496 e. The Balaban J connectivity index is 0.00000126. The first-order valence-corrected chi connectivity index (χ1v) is 9.49. The maximum absolute atomic E-state index is 5.71. The van der Waals surface area contributed by atoms with E-state index in [1.807, 2.05) is 20.8 Å². The summed E-state index contributed by atoms with van der Waals surface area (Å²) >= 11 is 0. The average molecular weight is 363 g/mol. The number of hydrogen-bond donors (Lipinski definition) is 0. The van der Waals surface area contributed by atoms with Crippen molar-refractivity contribution in [1.29, 1.82) is 0 Å². The van der Waals surface area contributed by atoms with Crippen LogP contribution in [0.1, 0.15) is 48.7 Å². The van der Waals surface area contributed by atoms with E-state index in [0.29, 0.717) is 0 Å². The van der Waals surface area contributed by atoms with Crippen LogP contribution in [0.4, 0.5) is 0 Å². The highest BCUT2D eigenvalue weighted by Gasteiger charge is 2.17. The van der Waals surface area contributed by atoms with Crippen LogP contribution in [0, 0.1) is 13.8 Å². The van der Waals surface area contributed by atoms with Crippen molar-refractivity contribution < 1.29 is 4.74 Å². The molecule has 0 bridgehead atoms. The zero-order valence-electron chi connectivity index (χ0n) is 17.4. The summed E-state index contributed by atoms with van der Waals surface area (Å²) in [5.74, 6) is 0.913. The van der Waals surface area contributed by atoms with Gasteiger partial charge in [0.05, 0.1) is 18.3 Å². The third-order valence-electron chi connectivity index (χ3n) is 4.38. The second kappa shape index (κ2) is 9.31. The Labute approximate surface area is 163 Å². The lowest BCUT2D eigenvalue weighted by molar-refractivity contribution is 0.408. The van der Waals surface area contributed by atoms with Crippen LogP contribution in [-0.4, -0.2) is 17.1 Å². The molecule has 0 aliphatic carbocycles. The maximum atomic E-state index is 5.71. The zero-order chi connectivity index (χ0) is 20.0. The SMILES string of the molecule is C=C(C)Cc1c(OC)c(C)cc2ncnc(Cc3cccc(C)c3)c12.CC. The molecule has 142 valence electrons. The van der Waals surface area contributed by atoms with Crippen molar-refractivity contribution in [3.63, 3.8) is 0 Å². The third-order valence-corrected chi connectivity index (χ3v) is 4.38. The zero-order valence-corrected chi connectivity index (χ0v) is 17.4. The van der Waals surface area contributed by atoms with Crippen LogP contribution in [0.25, 0.3) is 10.9 Å². The summed E-state index contributed by atoms with van der Waals surface area (Å²) in [7, 11) is 1.72. The normalized spacial score (nSPS) is 10.3. The minimum Gasteiger partial charge on any atom is -0.496 e. The molecule has 3 aromatic rings. The van der Waals surface area contributed by atoms with E-state index in [0.717, 1.165) is 51.9 Å². The van der Waals surface area contributed by atoms with E-state index >= 15 is 0 Å². The average Bonchev–Trinajstić information content (AvgIpc) is 2.63. The standard InChI is InChI=1S/C22H24N2O.C2H6/c1-14(2)9-18-21-19(11-16(4)22(18)25-5)23-13-24-20(21)12-17-8-6-7-15(3)10-17;1-2/h6-8,10-11,13H,1,9,12H2,2-5H3;1-2H3. The van der Waals surface area contributed by atoms with Crippen molar-refractivity contribution >= 4 is 10.9 Å². The summed E-state index contributed by atoms with van der Waals surface area (Å²) in [5, 5.41) is 1.09.